The highest BCUT2D eigenvalue weighted by molar-refractivity contribution is 5.08. The number of fused-ring (bicyclic) bond motifs is 1. The summed E-state index contributed by atoms with van der Waals surface area (Å²) in [5.41, 5.74) is 0. The molecule has 0 aromatic heterocycles. The van der Waals surface area contributed by atoms with Crippen LogP contribution in [0.4, 0.5) is 0 Å². The van der Waals surface area contributed by atoms with Gasteiger partial charge in [-0.2, -0.15) is 0 Å². The van der Waals surface area contributed by atoms with Gasteiger partial charge in [0, 0.05) is 0 Å². The van der Waals surface area contributed by atoms with Gasteiger partial charge >= 0.3 is 0 Å². The number of allylic oxidation sites excluding steroid dienone is 4. The van der Waals surface area contributed by atoms with Gasteiger partial charge in [0.1, 0.15) is 0 Å². The molecule has 60 valence electrons. The lowest BCUT2D eigenvalue weighted by molar-refractivity contribution is 0.277. The zero-order valence-corrected chi connectivity index (χ0v) is 7.16. The van der Waals surface area contributed by atoms with Gasteiger partial charge in [-0.05, 0) is 37.0 Å². The van der Waals surface area contributed by atoms with Crippen LogP contribution in [0.25, 0.3) is 0 Å². The van der Waals surface area contributed by atoms with Crippen molar-refractivity contribution in [2.45, 2.75) is 26.2 Å². The smallest absolute Gasteiger partial charge is 0.0165 e. The van der Waals surface area contributed by atoms with Crippen molar-refractivity contribution < 1.29 is 0 Å². The van der Waals surface area contributed by atoms with Crippen molar-refractivity contribution in [2.75, 3.05) is 0 Å². The van der Waals surface area contributed by atoms with Crippen LogP contribution in [0.3, 0.4) is 0 Å². The van der Waals surface area contributed by atoms with Gasteiger partial charge in [-0.25, -0.2) is 0 Å². The standard InChI is InChI=1S/C11H16/c1-9-5-4-7-10-6-2-3-8-11(9)10/h2,4-6,9-11H,3,7-8H2,1H3. The summed E-state index contributed by atoms with van der Waals surface area (Å²) in [5, 5.41) is 0. The molecule has 0 N–H and O–H groups in total. The van der Waals surface area contributed by atoms with Crippen LogP contribution >= 0.6 is 0 Å². The third-order valence-electron chi connectivity index (χ3n) is 3.12. The summed E-state index contributed by atoms with van der Waals surface area (Å²) in [6, 6.07) is 0. The van der Waals surface area contributed by atoms with E-state index in [0.29, 0.717) is 0 Å². The van der Waals surface area contributed by atoms with Gasteiger partial charge in [-0.1, -0.05) is 31.2 Å². The molecular weight excluding hydrogens is 132 g/mol. The lowest BCUT2D eigenvalue weighted by atomic mass is 9.72. The molecule has 0 saturated carbocycles. The zero-order chi connectivity index (χ0) is 7.68. The molecule has 0 radical (unpaired) electrons. The molecule has 3 unspecified atom stereocenters. The van der Waals surface area contributed by atoms with Gasteiger partial charge in [0.05, 0.1) is 0 Å². The predicted octanol–water partition coefficient (Wildman–Crippen LogP) is 3.16. The minimum atomic E-state index is 0.818. The highest BCUT2D eigenvalue weighted by atomic mass is 14.3. The topological polar surface area (TPSA) is 0 Å². The van der Waals surface area contributed by atoms with Crippen LogP contribution in [-0.2, 0) is 0 Å². The molecule has 0 nitrogen and oxygen atoms in total. The van der Waals surface area contributed by atoms with Crippen molar-refractivity contribution >= 4 is 0 Å². The maximum absolute atomic E-state index is 2.42. The van der Waals surface area contributed by atoms with Gasteiger partial charge in [0.25, 0.3) is 0 Å². The molecule has 0 fully saturated rings. The maximum Gasteiger partial charge on any atom is -0.0165 e. The van der Waals surface area contributed by atoms with Crippen LogP contribution in [0.15, 0.2) is 24.3 Å². The molecule has 0 amide bonds. The van der Waals surface area contributed by atoms with E-state index in [0.717, 1.165) is 17.8 Å². The number of rotatable bonds is 0. The summed E-state index contributed by atoms with van der Waals surface area (Å²) in [6.45, 7) is 2.35. The first kappa shape index (κ1) is 7.15. The minimum Gasteiger partial charge on any atom is -0.0882 e. The van der Waals surface area contributed by atoms with E-state index in [4.69, 9.17) is 0 Å². The molecule has 2 rings (SSSR count). The Balaban J connectivity index is 2.17. The SMILES string of the molecule is CC1C=CCC2C=CCCC12. The summed E-state index contributed by atoms with van der Waals surface area (Å²) < 4.78 is 0. The summed E-state index contributed by atoms with van der Waals surface area (Å²) in [7, 11) is 0. The second-order valence-corrected chi connectivity index (χ2v) is 3.86. The molecule has 0 spiro atoms. The van der Waals surface area contributed by atoms with Crippen molar-refractivity contribution in [3.63, 3.8) is 0 Å². The second kappa shape index (κ2) is 2.84. The largest absolute Gasteiger partial charge is 0.0882 e. The molecule has 2 aliphatic rings. The van der Waals surface area contributed by atoms with Crippen molar-refractivity contribution in [1.82, 2.24) is 0 Å². The van der Waals surface area contributed by atoms with Gasteiger partial charge in [0.2, 0.25) is 0 Å². The summed E-state index contributed by atoms with van der Waals surface area (Å²) in [4.78, 5) is 0. The van der Waals surface area contributed by atoms with Crippen LogP contribution < -0.4 is 0 Å². The summed E-state index contributed by atoms with van der Waals surface area (Å²) in [5.74, 6) is 2.63. The molecule has 0 aliphatic heterocycles. The van der Waals surface area contributed by atoms with Crippen molar-refractivity contribution in [3.05, 3.63) is 24.3 Å². The molecule has 0 saturated heterocycles. The van der Waals surface area contributed by atoms with Crippen molar-refractivity contribution in [1.29, 1.82) is 0 Å². The third kappa shape index (κ3) is 1.26. The Labute approximate surface area is 69.0 Å². The lowest BCUT2D eigenvalue weighted by Crippen LogP contribution is -2.23. The number of hydrogen-bond acceptors (Lipinski definition) is 0. The fourth-order valence-corrected chi connectivity index (χ4v) is 2.42. The maximum atomic E-state index is 2.42. The first-order valence-corrected chi connectivity index (χ1v) is 4.71. The van der Waals surface area contributed by atoms with Gasteiger partial charge in [-0.3, -0.25) is 0 Å². The Morgan fingerprint density at radius 2 is 2.09 bits per heavy atom. The first-order chi connectivity index (χ1) is 5.38. The van der Waals surface area contributed by atoms with Crippen molar-refractivity contribution in [3.8, 4) is 0 Å². The fourth-order valence-electron chi connectivity index (χ4n) is 2.42. The Hall–Kier alpha value is -0.520. The van der Waals surface area contributed by atoms with Crippen LogP contribution in [0, 0.1) is 17.8 Å². The molecule has 2 aliphatic carbocycles. The minimum absolute atomic E-state index is 0.818. The molecule has 0 heteroatoms. The summed E-state index contributed by atoms with van der Waals surface area (Å²) in [6.07, 6.45) is 13.5. The fraction of sp³-hybridized carbons (Fsp3) is 0.636. The Kier molecular flexibility index (Phi) is 1.85. The van der Waals surface area contributed by atoms with E-state index in [1.54, 1.807) is 0 Å². The van der Waals surface area contributed by atoms with Crippen LogP contribution in [-0.4, -0.2) is 0 Å². The molecular formula is C11H16. The lowest BCUT2D eigenvalue weighted by Gasteiger charge is -2.33. The van der Waals surface area contributed by atoms with E-state index in [2.05, 4.69) is 31.2 Å². The Morgan fingerprint density at radius 1 is 1.18 bits per heavy atom. The van der Waals surface area contributed by atoms with E-state index >= 15 is 0 Å². The van der Waals surface area contributed by atoms with E-state index in [1.807, 2.05) is 0 Å². The van der Waals surface area contributed by atoms with Crippen LogP contribution in [0.5, 0.6) is 0 Å². The normalized spacial score (nSPS) is 42.1. The second-order valence-electron chi connectivity index (χ2n) is 3.86. The molecule has 0 bridgehead atoms. The average Bonchev–Trinajstić information content (AvgIpc) is 2.06. The van der Waals surface area contributed by atoms with E-state index in [9.17, 15) is 0 Å². The molecule has 11 heavy (non-hydrogen) atoms. The molecule has 0 heterocycles. The van der Waals surface area contributed by atoms with Gasteiger partial charge in [0.15, 0.2) is 0 Å². The highest BCUT2D eigenvalue weighted by Crippen LogP contribution is 2.37. The van der Waals surface area contributed by atoms with E-state index < -0.39 is 0 Å². The molecule has 0 aromatic rings. The van der Waals surface area contributed by atoms with Crippen LogP contribution in [0.2, 0.25) is 0 Å². The zero-order valence-electron chi connectivity index (χ0n) is 7.16. The average molecular weight is 148 g/mol. The van der Waals surface area contributed by atoms with Crippen molar-refractivity contribution in [2.24, 2.45) is 17.8 Å². The van der Waals surface area contributed by atoms with Gasteiger partial charge in [-0.15, -0.1) is 0 Å². The van der Waals surface area contributed by atoms with Gasteiger partial charge < -0.3 is 0 Å². The predicted molar refractivity (Wildman–Crippen MR) is 48.3 cm³/mol. The number of hydrogen-bond donors (Lipinski definition) is 0. The molecule has 3 atom stereocenters. The molecule has 0 aromatic carbocycles. The highest BCUT2D eigenvalue weighted by Gasteiger charge is 2.26. The monoisotopic (exact) mass is 148 g/mol. The Morgan fingerprint density at radius 3 is 2.91 bits per heavy atom. The van der Waals surface area contributed by atoms with E-state index in [-0.39, 0.29) is 0 Å². The van der Waals surface area contributed by atoms with E-state index in [1.165, 1.54) is 19.3 Å². The Bertz CT molecular complexity index is 188. The summed E-state index contributed by atoms with van der Waals surface area (Å²) >= 11 is 0. The third-order valence-corrected chi connectivity index (χ3v) is 3.12. The quantitative estimate of drug-likeness (QED) is 0.463. The van der Waals surface area contributed by atoms with Crippen LogP contribution in [0.1, 0.15) is 26.2 Å². The first-order valence-electron chi connectivity index (χ1n) is 4.71.